The van der Waals surface area contributed by atoms with Crippen LogP contribution in [0.5, 0.6) is 0 Å². The van der Waals surface area contributed by atoms with Gasteiger partial charge in [-0.05, 0) is 87.0 Å². The van der Waals surface area contributed by atoms with E-state index in [-0.39, 0.29) is 10.8 Å². The first-order chi connectivity index (χ1) is 15.4. The van der Waals surface area contributed by atoms with Crippen molar-refractivity contribution in [2.45, 2.75) is 97.1 Å². The predicted octanol–water partition coefficient (Wildman–Crippen LogP) is 5.23. The van der Waals surface area contributed by atoms with E-state index in [1.807, 2.05) is 10.9 Å². The maximum atomic E-state index is 12.1. The number of aliphatic hydroxyl groups is 1. The van der Waals surface area contributed by atoms with Gasteiger partial charge in [-0.25, -0.2) is 0 Å². The third-order valence-electron chi connectivity index (χ3n) is 10.0. The number of hydrogen-bond acceptors (Lipinski definition) is 5. The van der Waals surface area contributed by atoms with Gasteiger partial charge in [-0.1, -0.05) is 43.1 Å². The zero-order valence-electron chi connectivity index (χ0n) is 20.3. The molecule has 1 aromatic heterocycles. The Morgan fingerprint density at radius 1 is 1.16 bits per heavy atom. The first kappa shape index (κ1) is 22.1. The number of aryl methyl sites for hydroxylation is 1. The van der Waals surface area contributed by atoms with Crippen molar-refractivity contribution >= 4 is 5.71 Å². The maximum Gasteiger partial charge on any atom is 0.116 e. The lowest BCUT2D eigenvalue weighted by atomic mass is 9.46. The highest BCUT2D eigenvalue weighted by Gasteiger charge is 2.65. The molecule has 6 nitrogen and oxygen atoms in total. The maximum absolute atomic E-state index is 12.1. The number of rotatable bonds is 5. The van der Waals surface area contributed by atoms with Crippen molar-refractivity contribution in [1.82, 2.24) is 15.0 Å². The molecular weight excluding hydrogens is 400 g/mol. The second-order valence-corrected chi connectivity index (χ2v) is 11.3. The molecule has 0 aromatic carbocycles. The van der Waals surface area contributed by atoms with Crippen molar-refractivity contribution in [2.75, 3.05) is 7.11 Å². The fourth-order valence-electron chi connectivity index (χ4n) is 8.11. The van der Waals surface area contributed by atoms with Crippen LogP contribution in [0.1, 0.15) is 90.7 Å². The second kappa shape index (κ2) is 7.96. The highest BCUT2D eigenvalue weighted by atomic mass is 16.6. The van der Waals surface area contributed by atoms with Crippen LogP contribution in [0.3, 0.4) is 0 Å². The molecule has 0 bridgehead atoms. The Bertz CT molecular complexity index is 923. The van der Waals surface area contributed by atoms with Crippen LogP contribution in [0.4, 0.5) is 0 Å². The zero-order valence-corrected chi connectivity index (χ0v) is 20.3. The molecular formula is C26H40N4O2. The lowest BCUT2D eigenvalue weighted by Crippen LogP contribution is -2.53. The highest BCUT2D eigenvalue weighted by molar-refractivity contribution is 5.96. The number of hydrogen-bond donors (Lipinski definition) is 1. The fourth-order valence-corrected chi connectivity index (χ4v) is 8.11. The third-order valence-corrected chi connectivity index (χ3v) is 10.0. The van der Waals surface area contributed by atoms with E-state index in [1.165, 1.54) is 19.3 Å². The Kier molecular flexibility index (Phi) is 5.51. The molecule has 4 aliphatic rings. The molecule has 4 aliphatic carbocycles. The lowest BCUT2D eigenvalue weighted by molar-refractivity contribution is -0.133. The minimum atomic E-state index is -0.852. The normalized spacial score (nSPS) is 42.2. The first-order valence-corrected chi connectivity index (χ1v) is 12.8. The summed E-state index contributed by atoms with van der Waals surface area (Å²) >= 11 is 0. The summed E-state index contributed by atoms with van der Waals surface area (Å²) in [5.41, 5.74) is 2.78. The number of unbranched alkanes of at least 4 members (excludes halogenated alkanes) is 1. The number of aromatic nitrogens is 3. The molecule has 6 heteroatoms. The average Bonchev–Trinajstić information content (AvgIpc) is 3.36. The van der Waals surface area contributed by atoms with Crippen LogP contribution in [0, 0.1) is 28.6 Å². The van der Waals surface area contributed by atoms with Gasteiger partial charge in [0.25, 0.3) is 0 Å². The van der Waals surface area contributed by atoms with Crippen LogP contribution in [0.15, 0.2) is 23.0 Å². The molecule has 176 valence electrons. The molecule has 5 rings (SSSR count). The van der Waals surface area contributed by atoms with E-state index in [1.54, 1.807) is 12.7 Å². The van der Waals surface area contributed by atoms with Gasteiger partial charge < -0.3 is 9.94 Å². The fraction of sp³-hybridized carbons (Fsp3) is 0.808. The Morgan fingerprint density at radius 3 is 2.75 bits per heavy atom. The SMILES string of the molecule is CCCCn1cc([C@]2(O)CCC3C4CCC5=C/C(=N\OC)CC[C@]5(C)C4CC[C@@]32C)nn1. The summed E-state index contributed by atoms with van der Waals surface area (Å²) in [5, 5.41) is 25.2. The Balaban J connectivity index is 1.41. The summed E-state index contributed by atoms with van der Waals surface area (Å²) in [6.45, 7) is 7.92. The summed E-state index contributed by atoms with van der Waals surface area (Å²) < 4.78 is 1.93. The molecule has 0 aliphatic heterocycles. The Morgan fingerprint density at radius 2 is 1.97 bits per heavy atom. The second-order valence-electron chi connectivity index (χ2n) is 11.3. The molecule has 0 saturated heterocycles. The van der Waals surface area contributed by atoms with E-state index in [0.29, 0.717) is 17.8 Å². The summed E-state index contributed by atoms with van der Waals surface area (Å²) in [6, 6.07) is 0. The smallest absolute Gasteiger partial charge is 0.116 e. The minimum absolute atomic E-state index is 0.116. The van der Waals surface area contributed by atoms with Gasteiger partial charge >= 0.3 is 0 Å². The molecule has 1 heterocycles. The van der Waals surface area contributed by atoms with E-state index in [2.05, 4.69) is 42.3 Å². The van der Waals surface area contributed by atoms with Crippen LogP contribution in [0.25, 0.3) is 0 Å². The molecule has 0 spiro atoms. The van der Waals surface area contributed by atoms with E-state index in [0.717, 1.165) is 62.9 Å². The van der Waals surface area contributed by atoms with Crippen molar-refractivity contribution in [3.8, 4) is 0 Å². The number of allylic oxidation sites excluding steroid dienone is 2. The summed E-state index contributed by atoms with van der Waals surface area (Å²) in [4.78, 5) is 5.06. The molecule has 1 aromatic rings. The van der Waals surface area contributed by atoms with Gasteiger partial charge in [0, 0.05) is 12.0 Å². The summed E-state index contributed by atoms with van der Waals surface area (Å²) in [6.07, 6.45) is 15.3. The molecule has 1 N–H and O–H groups in total. The first-order valence-electron chi connectivity index (χ1n) is 12.8. The number of fused-ring (bicyclic) bond motifs is 5. The standard InChI is InChI=1S/C26H40N4O2/c1-5-6-15-30-17-23(27-29-30)26(31)14-11-22-20-8-7-18-16-19(28-32-4)9-12-24(18,2)21(20)10-13-25(22,26)3/h16-17,20-22,31H,5-15H2,1-4H3/b28-19-/t20?,21?,22?,24-,25-,26+/m0/s1. The van der Waals surface area contributed by atoms with Gasteiger partial charge in [0.05, 0.1) is 11.9 Å². The minimum Gasteiger partial charge on any atom is -0.399 e. The third kappa shape index (κ3) is 3.12. The van der Waals surface area contributed by atoms with Crippen molar-refractivity contribution in [3.63, 3.8) is 0 Å². The van der Waals surface area contributed by atoms with Crippen LogP contribution < -0.4 is 0 Å². The molecule has 0 radical (unpaired) electrons. The Hall–Kier alpha value is -1.69. The van der Waals surface area contributed by atoms with Gasteiger partial charge in [-0.3, -0.25) is 4.68 Å². The van der Waals surface area contributed by atoms with Crippen LogP contribution >= 0.6 is 0 Å². The molecule has 3 saturated carbocycles. The zero-order chi connectivity index (χ0) is 22.6. The predicted molar refractivity (Wildman–Crippen MR) is 125 cm³/mol. The summed E-state index contributed by atoms with van der Waals surface area (Å²) in [7, 11) is 1.64. The highest BCUT2D eigenvalue weighted by Crippen LogP contribution is 2.69. The molecule has 32 heavy (non-hydrogen) atoms. The van der Waals surface area contributed by atoms with E-state index in [9.17, 15) is 5.11 Å². The van der Waals surface area contributed by atoms with Crippen LogP contribution in [-0.4, -0.2) is 32.9 Å². The average molecular weight is 441 g/mol. The van der Waals surface area contributed by atoms with E-state index >= 15 is 0 Å². The van der Waals surface area contributed by atoms with Gasteiger partial charge in [0.15, 0.2) is 0 Å². The lowest BCUT2D eigenvalue weighted by Gasteiger charge is -2.59. The van der Waals surface area contributed by atoms with Gasteiger partial charge in [-0.15, -0.1) is 5.10 Å². The number of oxime groups is 1. The largest absolute Gasteiger partial charge is 0.399 e. The molecule has 3 unspecified atom stereocenters. The topological polar surface area (TPSA) is 72.5 Å². The quantitative estimate of drug-likeness (QED) is 0.636. The Labute approximate surface area is 192 Å². The van der Waals surface area contributed by atoms with Gasteiger partial charge in [0.2, 0.25) is 0 Å². The van der Waals surface area contributed by atoms with E-state index in [4.69, 9.17) is 4.84 Å². The molecule has 3 fully saturated rings. The van der Waals surface area contributed by atoms with Gasteiger partial charge in [-0.2, -0.15) is 0 Å². The van der Waals surface area contributed by atoms with Crippen molar-refractivity contribution in [3.05, 3.63) is 23.5 Å². The monoisotopic (exact) mass is 440 g/mol. The van der Waals surface area contributed by atoms with Crippen LogP contribution in [-0.2, 0) is 17.0 Å². The van der Waals surface area contributed by atoms with Gasteiger partial charge in [0.1, 0.15) is 18.4 Å². The molecule has 0 amide bonds. The van der Waals surface area contributed by atoms with Crippen LogP contribution in [0.2, 0.25) is 0 Å². The van der Waals surface area contributed by atoms with Crippen molar-refractivity contribution in [2.24, 2.45) is 33.7 Å². The molecule has 6 atom stereocenters. The van der Waals surface area contributed by atoms with Crippen molar-refractivity contribution < 1.29 is 9.94 Å². The van der Waals surface area contributed by atoms with E-state index < -0.39 is 5.60 Å². The van der Waals surface area contributed by atoms with Crippen molar-refractivity contribution in [1.29, 1.82) is 0 Å². The number of nitrogens with zero attached hydrogens (tertiary/aromatic N) is 4. The summed E-state index contributed by atoms with van der Waals surface area (Å²) in [5.74, 6) is 1.94.